The Morgan fingerprint density at radius 1 is 1.20 bits per heavy atom. The molecule has 0 aliphatic carbocycles. The van der Waals surface area contributed by atoms with Crippen LogP contribution in [0.4, 0.5) is 14.7 Å². The SMILES string of the molecule is CCc1cnc(N2CC=C(CCCOc3cc(F)c(-c4noc(C[C@@H](C)O)n4)c(F)c3)CC2)nc1. The van der Waals surface area contributed by atoms with Crippen molar-refractivity contribution >= 4 is 5.95 Å². The van der Waals surface area contributed by atoms with Crippen LogP contribution >= 0.6 is 0 Å². The van der Waals surface area contributed by atoms with E-state index in [0.29, 0.717) is 6.61 Å². The van der Waals surface area contributed by atoms with Crippen molar-refractivity contribution in [1.82, 2.24) is 20.1 Å². The van der Waals surface area contributed by atoms with Crippen LogP contribution < -0.4 is 9.64 Å². The quantitative estimate of drug-likeness (QED) is 0.336. The minimum atomic E-state index is -0.839. The van der Waals surface area contributed by atoms with E-state index in [0.717, 1.165) is 62.4 Å². The van der Waals surface area contributed by atoms with E-state index in [1.165, 1.54) is 5.57 Å². The molecule has 0 bridgehead atoms. The van der Waals surface area contributed by atoms with Crippen LogP contribution in [0, 0.1) is 11.6 Å². The lowest BCUT2D eigenvalue weighted by Gasteiger charge is -2.26. The molecule has 10 heteroatoms. The molecule has 1 aliphatic rings. The monoisotopic (exact) mass is 485 g/mol. The number of benzene rings is 1. The number of nitrogens with zero attached hydrogens (tertiary/aromatic N) is 5. The zero-order valence-electron chi connectivity index (χ0n) is 19.9. The Kier molecular flexibility index (Phi) is 8.02. The van der Waals surface area contributed by atoms with Crippen molar-refractivity contribution < 1.29 is 23.1 Å². The number of ether oxygens (including phenoxy) is 1. The number of anilines is 1. The normalized spacial score (nSPS) is 14.7. The van der Waals surface area contributed by atoms with Crippen molar-refractivity contribution in [3.63, 3.8) is 0 Å². The number of aliphatic hydroxyl groups is 1. The summed E-state index contributed by atoms with van der Waals surface area (Å²) in [5.74, 6) is -0.924. The Hall–Kier alpha value is -3.40. The van der Waals surface area contributed by atoms with Gasteiger partial charge in [0.15, 0.2) is 0 Å². The van der Waals surface area contributed by atoms with Gasteiger partial charge >= 0.3 is 0 Å². The van der Waals surface area contributed by atoms with Gasteiger partial charge in [0, 0.05) is 37.6 Å². The first-order valence-corrected chi connectivity index (χ1v) is 11.8. The van der Waals surface area contributed by atoms with Crippen LogP contribution in [0.15, 0.2) is 40.7 Å². The maximum absolute atomic E-state index is 14.6. The van der Waals surface area contributed by atoms with E-state index < -0.39 is 17.7 Å². The van der Waals surface area contributed by atoms with Crippen molar-refractivity contribution in [3.8, 4) is 17.1 Å². The molecule has 0 saturated heterocycles. The molecule has 1 N–H and O–H groups in total. The van der Waals surface area contributed by atoms with E-state index in [1.54, 1.807) is 6.92 Å². The Morgan fingerprint density at radius 2 is 1.94 bits per heavy atom. The van der Waals surface area contributed by atoms with Crippen LogP contribution in [0.25, 0.3) is 11.4 Å². The Balaban J connectivity index is 1.26. The van der Waals surface area contributed by atoms with E-state index >= 15 is 0 Å². The van der Waals surface area contributed by atoms with Gasteiger partial charge in [-0.3, -0.25) is 0 Å². The van der Waals surface area contributed by atoms with Crippen LogP contribution in [0.3, 0.4) is 0 Å². The minimum Gasteiger partial charge on any atom is -0.493 e. The van der Waals surface area contributed by atoms with Crippen molar-refractivity contribution in [3.05, 3.63) is 59.3 Å². The van der Waals surface area contributed by atoms with Crippen molar-refractivity contribution in [2.75, 3.05) is 24.6 Å². The van der Waals surface area contributed by atoms with Gasteiger partial charge < -0.3 is 19.3 Å². The van der Waals surface area contributed by atoms with Crippen LogP contribution in [-0.2, 0) is 12.8 Å². The molecule has 1 atom stereocenters. The van der Waals surface area contributed by atoms with Crippen LogP contribution in [0.5, 0.6) is 5.75 Å². The van der Waals surface area contributed by atoms with Crippen LogP contribution in [0.2, 0.25) is 0 Å². The number of hydrogen-bond donors (Lipinski definition) is 1. The lowest BCUT2D eigenvalue weighted by atomic mass is 10.0. The lowest BCUT2D eigenvalue weighted by molar-refractivity contribution is 0.181. The summed E-state index contributed by atoms with van der Waals surface area (Å²) in [5.41, 5.74) is 2.06. The molecule has 0 saturated carbocycles. The Bertz CT molecular complexity index is 1140. The molecule has 0 radical (unpaired) electrons. The minimum absolute atomic E-state index is 0.103. The van der Waals surface area contributed by atoms with Gasteiger partial charge in [0.25, 0.3) is 0 Å². The molecule has 0 fully saturated rings. The summed E-state index contributed by atoms with van der Waals surface area (Å²) in [6, 6.07) is 2.23. The summed E-state index contributed by atoms with van der Waals surface area (Å²) < 4.78 is 39.7. The van der Waals surface area contributed by atoms with Gasteiger partial charge in [-0.25, -0.2) is 18.7 Å². The summed E-state index contributed by atoms with van der Waals surface area (Å²) in [4.78, 5) is 15.0. The number of halogens is 2. The molecule has 1 aromatic carbocycles. The fraction of sp³-hybridized carbons (Fsp3) is 0.440. The van der Waals surface area contributed by atoms with E-state index in [9.17, 15) is 13.9 Å². The van der Waals surface area contributed by atoms with Gasteiger partial charge in [0.1, 0.15) is 17.4 Å². The number of aryl methyl sites for hydroxylation is 1. The van der Waals surface area contributed by atoms with Gasteiger partial charge in [-0.1, -0.05) is 23.7 Å². The third-order valence-corrected chi connectivity index (χ3v) is 5.77. The highest BCUT2D eigenvalue weighted by Crippen LogP contribution is 2.28. The fourth-order valence-electron chi connectivity index (χ4n) is 3.84. The summed E-state index contributed by atoms with van der Waals surface area (Å²) in [7, 11) is 0. The van der Waals surface area contributed by atoms with Crippen molar-refractivity contribution in [1.29, 1.82) is 0 Å². The molecule has 186 valence electrons. The highest BCUT2D eigenvalue weighted by atomic mass is 19.1. The first kappa shape index (κ1) is 24.7. The first-order valence-electron chi connectivity index (χ1n) is 11.8. The molecular weight excluding hydrogens is 456 g/mol. The lowest BCUT2D eigenvalue weighted by Crippen LogP contribution is -2.30. The Morgan fingerprint density at radius 3 is 2.57 bits per heavy atom. The second-order valence-electron chi connectivity index (χ2n) is 8.58. The smallest absolute Gasteiger partial charge is 0.229 e. The summed E-state index contributed by atoms with van der Waals surface area (Å²) in [6.07, 6.45) is 8.73. The average Bonchev–Trinajstić information content (AvgIpc) is 3.29. The summed E-state index contributed by atoms with van der Waals surface area (Å²) >= 11 is 0. The maximum atomic E-state index is 14.6. The molecule has 0 unspecified atom stereocenters. The molecular formula is C25H29F2N5O3. The third kappa shape index (κ3) is 6.39. The average molecular weight is 486 g/mol. The molecule has 4 rings (SSSR count). The molecule has 8 nitrogen and oxygen atoms in total. The molecule has 0 spiro atoms. The molecule has 3 heterocycles. The second kappa shape index (κ2) is 11.4. The van der Waals surface area contributed by atoms with E-state index in [4.69, 9.17) is 9.26 Å². The highest BCUT2D eigenvalue weighted by molar-refractivity contribution is 5.58. The van der Waals surface area contributed by atoms with Gasteiger partial charge in [-0.15, -0.1) is 0 Å². The number of rotatable bonds is 10. The topological polar surface area (TPSA) is 97.4 Å². The van der Waals surface area contributed by atoms with Crippen molar-refractivity contribution in [2.45, 2.75) is 52.1 Å². The first-order chi connectivity index (χ1) is 16.9. The zero-order valence-corrected chi connectivity index (χ0v) is 19.9. The molecule has 35 heavy (non-hydrogen) atoms. The van der Waals surface area contributed by atoms with Crippen LogP contribution in [-0.4, -0.2) is 51.0 Å². The van der Waals surface area contributed by atoms with Gasteiger partial charge in [-0.2, -0.15) is 4.98 Å². The number of hydrogen-bond acceptors (Lipinski definition) is 8. The second-order valence-corrected chi connectivity index (χ2v) is 8.58. The Labute approximate surface area is 202 Å². The predicted octanol–water partition coefficient (Wildman–Crippen LogP) is 4.29. The third-order valence-electron chi connectivity index (χ3n) is 5.77. The maximum Gasteiger partial charge on any atom is 0.229 e. The van der Waals surface area contributed by atoms with Gasteiger partial charge in [0.05, 0.1) is 24.7 Å². The highest BCUT2D eigenvalue weighted by Gasteiger charge is 2.20. The van der Waals surface area contributed by atoms with Crippen LogP contribution in [0.1, 0.15) is 44.6 Å². The number of aliphatic hydroxyl groups excluding tert-OH is 1. The van der Waals surface area contributed by atoms with Gasteiger partial charge in [-0.05, 0) is 38.2 Å². The van der Waals surface area contributed by atoms with E-state index in [-0.39, 0.29) is 29.4 Å². The summed E-state index contributed by atoms with van der Waals surface area (Å²) in [6.45, 7) is 5.57. The number of aromatic nitrogens is 4. The van der Waals surface area contributed by atoms with E-state index in [2.05, 4.69) is 38.0 Å². The largest absolute Gasteiger partial charge is 0.493 e. The molecule has 3 aromatic rings. The summed E-state index contributed by atoms with van der Waals surface area (Å²) in [5, 5.41) is 13.0. The molecule has 0 amide bonds. The van der Waals surface area contributed by atoms with Gasteiger partial charge in [0.2, 0.25) is 17.7 Å². The molecule has 1 aliphatic heterocycles. The predicted molar refractivity (Wildman–Crippen MR) is 126 cm³/mol. The van der Waals surface area contributed by atoms with Crippen molar-refractivity contribution in [2.24, 2.45) is 0 Å². The zero-order chi connectivity index (χ0) is 24.8. The fourth-order valence-corrected chi connectivity index (χ4v) is 3.84. The standard InChI is InChI=1S/C25H29F2N5O3/c1-3-17-14-28-25(29-15-17)32-8-6-18(7-9-32)5-4-10-34-19-12-20(26)23(21(27)13-19)24-30-22(35-31-24)11-16(2)33/h6,12-16,33H,3-5,7-11H2,1-2H3/t16-/m1/s1. The van der Waals surface area contributed by atoms with E-state index in [1.807, 2.05) is 12.4 Å². The molecule has 2 aromatic heterocycles.